The van der Waals surface area contributed by atoms with E-state index in [4.69, 9.17) is 14.7 Å². The highest BCUT2D eigenvalue weighted by molar-refractivity contribution is 6.02. The number of methoxy groups -OCH3 is 1. The molecule has 44 heavy (non-hydrogen) atoms. The quantitative estimate of drug-likeness (QED) is 0.208. The molecule has 0 bridgehead atoms. The Morgan fingerprint density at radius 2 is 1.70 bits per heavy atom. The van der Waals surface area contributed by atoms with E-state index in [-0.39, 0.29) is 5.91 Å². The van der Waals surface area contributed by atoms with E-state index in [9.17, 15) is 4.79 Å². The zero-order chi connectivity index (χ0) is 33.0. The largest absolute Gasteiger partial charge is 0.494 e. The van der Waals surface area contributed by atoms with Crippen molar-refractivity contribution in [3.05, 3.63) is 77.5 Å². The van der Waals surface area contributed by atoms with E-state index in [2.05, 4.69) is 64.3 Å². The van der Waals surface area contributed by atoms with Gasteiger partial charge in [-0.05, 0) is 57.6 Å². The van der Waals surface area contributed by atoms with E-state index in [0.29, 0.717) is 23.1 Å². The summed E-state index contributed by atoms with van der Waals surface area (Å²) < 4.78 is 5.81. The first-order valence-electron chi connectivity index (χ1n) is 15.1. The van der Waals surface area contributed by atoms with Crippen molar-refractivity contribution in [2.45, 2.75) is 41.0 Å². The van der Waals surface area contributed by atoms with Crippen molar-refractivity contribution in [1.29, 1.82) is 0 Å². The maximum atomic E-state index is 12.4. The molecule has 0 saturated heterocycles. The van der Waals surface area contributed by atoms with Gasteiger partial charge in [0, 0.05) is 51.4 Å². The van der Waals surface area contributed by atoms with Gasteiger partial charge in [-0.2, -0.15) is 4.98 Å². The summed E-state index contributed by atoms with van der Waals surface area (Å²) in [5.41, 5.74) is 7.34. The molecular formula is C35H51N7O2. The van der Waals surface area contributed by atoms with Crippen LogP contribution in [0, 0.1) is 6.92 Å². The Hall–Kier alpha value is -4.37. The second kappa shape index (κ2) is 17.1. The number of benzene rings is 2. The fourth-order valence-corrected chi connectivity index (χ4v) is 4.80. The van der Waals surface area contributed by atoms with Gasteiger partial charge < -0.3 is 30.1 Å². The number of amides is 1. The highest BCUT2D eigenvalue weighted by atomic mass is 16.5. The monoisotopic (exact) mass is 601 g/mol. The van der Waals surface area contributed by atoms with Gasteiger partial charge >= 0.3 is 0 Å². The summed E-state index contributed by atoms with van der Waals surface area (Å²) in [6, 6.07) is 12.2. The number of nitrogens with zero attached hydrogens (tertiary/aromatic N) is 5. The molecule has 9 nitrogen and oxygen atoms in total. The molecule has 0 fully saturated rings. The highest BCUT2D eigenvalue weighted by Gasteiger charge is 2.21. The van der Waals surface area contributed by atoms with E-state index in [0.717, 1.165) is 53.4 Å². The second-order valence-corrected chi connectivity index (χ2v) is 10.6. The molecule has 0 aliphatic carbocycles. The third-order valence-electron chi connectivity index (χ3n) is 7.08. The van der Waals surface area contributed by atoms with Crippen LogP contribution >= 0.6 is 0 Å². The van der Waals surface area contributed by atoms with Gasteiger partial charge in [0.15, 0.2) is 0 Å². The van der Waals surface area contributed by atoms with E-state index < -0.39 is 0 Å². The maximum absolute atomic E-state index is 12.4. The number of aryl methyl sites for hydroxylation is 1. The average molecular weight is 602 g/mol. The van der Waals surface area contributed by atoms with E-state index in [1.165, 1.54) is 11.6 Å². The molecule has 0 radical (unpaired) electrons. The molecule has 3 aromatic rings. The molecule has 0 aliphatic rings. The Balaban J connectivity index is 0.00000330. The van der Waals surface area contributed by atoms with Crippen LogP contribution in [0.25, 0.3) is 5.57 Å². The molecule has 0 atom stereocenters. The van der Waals surface area contributed by atoms with E-state index in [1.54, 1.807) is 7.11 Å². The summed E-state index contributed by atoms with van der Waals surface area (Å²) in [6.45, 7) is 15.5. The Bertz CT molecular complexity index is 1450. The lowest BCUT2D eigenvalue weighted by Gasteiger charge is -2.26. The minimum absolute atomic E-state index is 0.301. The van der Waals surface area contributed by atoms with Crippen molar-refractivity contribution in [2.24, 2.45) is 0 Å². The fourth-order valence-electron chi connectivity index (χ4n) is 4.80. The summed E-state index contributed by atoms with van der Waals surface area (Å²) in [5.74, 6) is 1.51. The Kier molecular flexibility index (Phi) is 13.9. The number of nitrogens with one attached hydrogen (secondary N) is 2. The minimum atomic E-state index is -0.301. The standard InChI is InChI=1S/C33H45N7O2.C2H6/c1-11-23-16-14-15-17-25(23)24(12-2)31-22(4)32(39(7)8)37-33(36-31)35-27-20-26(34-30(41)13-3)28(21-29(27)42-10)40(9)19-18-38(5)6;1-2/h12-17,20-21H,3,11,18-19H2,1-2,4-10H3,(H,34,41)(H,35,36,37);1-2H3/b24-12+;. The van der Waals surface area contributed by atoms with Crippen LogP contribution in [0.5, 0.6) is 5.75 Å². The van der Waals surface area contributed by atoms with Gasteiger partial charge in [0.05, 0.1) is 29.9 Å². The molecule has 9 heteroatoms. The molecule has 0 saturated carbocycles. The summed E-state index contributed by atoms with van der Waals surface area (Å²) in [6.07, 6.45) is 4.27. The third-order valence-corrected chi connectivity index (χ3v) is 7.08. The zero-order valence-corrected chi connectivity index (χ0v) is 28.5. The smallest absolute Gasteiger partial charge is 0.247 e. The van der Waals surface area contributed by atoms with Crippen LogP contribution in [-0.4, -0.2) is 76.2 Å². The van der Waals surface area contributed by atoms with Gasteiger partial charge in [-0.25, -0.2) is 4.98 Å². The van der Waals surface area contributed by atoms with Crippen LogP contribution in [0.4, 0.5) is 28.8 Å². The second-order valence-electron chi connectivity index (χ2n) is 10.6. The van der Waals surface area contributed by atoms with Gasteiger partial charge in [0.1, 0.15) is 11.6 Å². The molecular weight excluding hydrogens is 550 g/mol. The minimum Gasteiger partial charge on any atom is -0.494 e. The summed E-state index contributed by atoms with van der Waals surface area (Å²) >= 11 is 0. The SMILES string of the molecule is C=CC(=O)Nc1cc(Nc2nc(/C(=C/C)c3ccccc3CC)c(C)c(N(C)C)n2)c(OC)cc1N(C)CCN(C)C.CC. The molecule has 2 N–H and O–H groups in total. The molecule has 1 aromatic heterocycles. The van der Waals surface area contributed by atoms with Crippen molar-refractivity contribution in [1.82, 2.24) is 14.9 Å². The summed E-state index contributed by atoms with van der Waals surface area (Å²) in [4.78, 5) is 28.5. The maximum Gasteiger partial charge on any atom is 0.247 e. The number of rotatable bonds is 13. The lowest BCUT2D eigenvalue weighted by atomic mass is 9.93. The first kappa shape index (κ1) is 35.8. The molecule has 238 valence electrons. The molecule has 3 rings (SSSR count). The Morgan fingerprint density at radius 1 is 1.02 bits per heavy atom. The number of ether oxygens (including phenoxy) is 1. The van der Waals surface area contributed by atoms with Crippen molar-refractivity contribution < 1.29 is 9.53 Å². The number of hydrogen-bond donors (Lipinski definition) is 2. The molecule has 0 aliphatic heterocycles. The number of aromatic nitrogens is 2. The van der Waals surface area contributed by atoms with E-state index >= 15 is 0 Å². The Morgan fingerprint density at radius 3 is 2.27 bits per heavy atom. The number of likely N-dealkylation sites (N-methyl/N-ethyl adjacent to an activating group) is 2. The Labute approximate surface area is 264 Å². The topological polar surface area (TPSA) is 85.9 Å². The predicted octanol–water partition coefficient (Wildman–Crippen LogP) is 6.77. The zero-order valence-electron chi connectivity index (χ0n) is 28.5. The van der Waals surface area contributed by atoms with Gasteiger partial charge in [0.25, 0.3) is 0 Å². The van der Waals surface area contributed by atoms with Gasteiger partial charge in [-0.3, -0.25) is 4.79 Å². The average Bonchev–Trinajstić information content (AvgIpc) is 3.02. The first-order valence-corrected chi connectivity index (χ1v) is 15.1. The van der Waals surface area contributed by atoms with E-state index in [1.807, 2.05) is 80.0 Å². The summed E-state index contributed by atoms with van der Waals surface area (Å²) in [7, 11) is 11.6. The van der Waals surface area contributed by atoms with Crippen LogP contribution in [0.15, 0.2) is 55.1 Å². The fraction of sp³-hybridized carbons (Fsp3) is 0.400. The predicted molar refractivity (Wildman–Crippen MR) is 188 cm³/mol. The van der Waals surface area contributed by atoms with Crippen LogP contribution in [0.3, 0.4) is 0 Å². The molecule has 2 aromatic carbocycles. The van der Waals surface area contributed by atoms with Crippen LogP contribution in [0.2, 0.25) is 0 Å². The number of anilines is 5. The number of allylic oxidation sites excluding steroid dienone is 1. The first-order chi connectivity index (χ1) is 21.0. The molecule has 1 heterocycles. The van der Waals surface area contributed by atoms with Crippen molar-refractivity contribution in [2.75, 3.05) is 75.9 Å². The third kappa shape index (κ3) is 8.83. The van der Waals surface area contributed by atoms with Gasteiger partial charge in [-0.1, -0.05) is 57.7 Å². The number of carbonyl (C=O) groups is 1. The summed E-state index contributed by atoms with van der Waals surface area (Å²) in [5, 5.41) is 6.34. The number of hydrogen-bond acceptors (Lipinski definition) is 8. The van der Waals surface area contributed by atoms with Crippen LogP contribution < -0.4 is 25.2 Å². The normalized spacial score (nSPS) is 11.0. The van der Waals surface area contributed by atoms with Crippen molar-refractivity contribution in [3.8, 4) is 5.75 Å². The molecule has 0 unspecified atom stereocenters. The molecule has 1 amide bonds. The van der Waals surface area contributed by atoms with Gasteiger partial charge in [0.2, 0.25) is 11.9 Å². The van der Waals surface area contributed by atoms with Crippen LogP contribution in [0.1, 0.15) is 50.1 Å². The van der Waals surface area contributed by atoms with Crippen LogP contribution in [-0.2, 0) is 11.2 Å². The number of carbonyl (C=O) groups excluding carboxylic acids is 1. The van der Waals surface area contributed by atoms with Gasteiger partial charge in [-0.15, -0.1) is 0 Å². The lowest BCUT2D eigenvalue weighted by molar-refractivity contribution is -0.111. The lowest BCUT2D eigenvalue weighted by Crippen LogP contribution is -2.29. The van der Waals surface area contributed by atoms with Crippen molar-refractivity contribution in [3.63, 3.8) is 0 Å². The molecule has 0 spiro atoms. The highest BCUT2D eigenvalue weighted by Crippen LogP contribution is 2.39. The van der Waals surface area contributed by atoms with Crippen molar-refractivity contribution >= 4 is 40.3 Å².